The van der Waals surface area contributed by atoms with Gasteiger partial charge in [-0.1, -0.05) is 42.5 Å². The molecule has 0 spiro atoms. The molecule has 1 unspecified atom stereocenters. The molecule has 0 aromatic carbocycles. The van der Waals surface area contributed by atoms with Crippen LogP contribution in [0, 0.1) is 5.92 Å². The van der Waals surface area contributed by atoms with Gasteiger partial charge in [0.1, 0.15) is 0 Å². The van der Waals surface area contributed by atoms with E-state index in [9.17, 15) is 0 Å². The number of hydrogen-bond donors (Lipinski definition) is 0. The highest BCUT2D eigenvalue weighted by Gasteiger charge is 2.21. The largest absolute Gasteiger partial charge is 0.0958 e. The van der Waals surface area contributed by atoms with E-state index in [2.05, 4.69) is 37.0 Å². The number of fused-ring (bicyclic) bond motifs is 1. The summed E-state index contributed by atoms with van der Waals surface area (Å²) in [5.41, 5.74) is 5.96. The summed E-state index contributed by atoms with van der Waals surface area (Å²) in [6.07, 6.45) is 19.2. The molecule has 0 heterocycles. The minimum Gasteiger partial charge on any atom is -0.0958 e. The summed E-state index contributed by atoms with van der Waals surface area (Å²) in [6.45, 7) is 4.11. The molecule has 0 saturated carbocycles. The Morgan fingerprint density at radius 2 is 2.06 bits per heavy atom. The lowest BCUT2D eigenvalue weighted by molar-refractivity contribution is 0.550. The van der Waals surface area contributed by atoms with E-state index in [-0.39, 0.29) is 0 Å². The van der Waals surface area contributed by atoms with Crippen molar-refractivity contribution in [2.24, 2.45) is 5.92 Å². The topological polar surface area (TPSA) is 0 Å². The van der Waals surface area contributed by atoms with Crippen LogP contribution >= 0.6 is 0 Å². The normalized spacial score (nSPS) is 28.1. The van der Waals surface area contributed by atoms with Gasteiger partial charge in [-0.25, -0.2) is 0 Å². The molecule has 0 bridgehead atoms. The molecule has 3 aliphatic carbocycles. The Morgan fingerprint density at radius 1 is 1.12 bits per heavy atom. The summed E-state index contributed by atoms with van der Waals surface area (Å²) in [4.78, 5) is 0. The molecule has 3 aliphatic rings. The van der Waals surface area contributed by atoms with Gasteiger partial charge in [-0.2, -0.15) is 0 Å². The van der Waals surface area contributed by atoms with Gasteiger partial charge < -0.3 is 0 Å². The lowest BCUT2D eigenvalue weighted by atomic mass is 9.77. The van der Waals surface area contributed by atoms with Gasteiger partial charge in [0.25, 0.3) is 0 Å². The van der Waals surface area contributed by atoms with Crippen LogP contribution in [0.15, 0.2) is 59.3 Å². The van der Waals surface area contributed by atoms with Crippen LogP contribution in [-0.4, -0.2) is 0 Å². The molecule has 1 atom stereocenters. The van der Waals surface area contributed by atoms with E-state index < -0.39 is 0 Å². The van der Waals surface area contributed by atoms with Gasteiger partial charge in [0.2, 0.25) is 0 Å². The summed E-state index contributed by atoms with van der Waals surface area (Å²) in [5.74, 6) is 0.774. The highest BCUT2D eigenvalue weighted by Crippen LogP contribution is 2.38. The Kier molecular flexibility index (Phi) is 2.88. The van der Waals surface area contributed by atoms with Crippen molar-refractivity contribution < 1.29 is 0 Å². The fourth-order valence-corrected chi connectivity index (χ4v) is 3.15. The zero-order valence-corrected chi connectivity index (χ0v) is 10.4. The van der Waals surface area contributed by atoms with Crippen LogP contribution in [0.2, 0.25) is 0 Å². The van der Waals surface area contributed by atoms with Gasteiger partial charge in [0.15, 0.2) is 0 Å². The summed E-state index contributed by atoms with van der Waals surface area (Å²) in [6, 6.07) is 0. The van der Waals surface area contributed by atoms with E-state index in [1.54, 1.807) is 11.1 Å². The predicted octanol–water partition coefficient (Wildman–Crippen LogP) is 4.88. The third kappa shape index (κ3) is 2.22. The molecule has 17 heavy (non-hydrogen) atoms. The van der Waals surface area contributed by atoms with Crippen molar-refractivity contribution in [3.63, 3.8) is 0 Å². The van der Waals surface area contributed by atoms with E-state index in [0.717, 1.165) is 5.92 Å². The molecule has 0 fully saturated rings. The van der Waals surface area contributed by atoms with Gasteiger partial charge >= 0.3 is 0 Å². The second-order valence-corrected chi connectivity index (χ2v) is 5.42. The van der Waals surface area contributed by atoms with Crippen molar-refractivity contribution in [2.75, 3.05) is 0 Å². The minimum atomic E-state index is 0.774. The van der Waals surface area contributed by atoms with Crippen LogP contribution in [0.3, 0.4) is 0 Å². The summed E-state index contributed by atoms with van der Waals surface area (Å²) in [7, 11) is 0. The first-order valence-electron chi connectivity index (χ1n) is 6.79. The Hall–Kier alpha value is -1.30. The maximum Gasteiger partial charge on any atom is -0.0119 e. The molecular weight excluding hydrogens is 204 g/mol. The van der Waals surface area contributed by atoms with Crippen molar-refractivity contribution in [3.05, 3.63) is 59.3 Å². The molecule has 0 saturated heterocycles. The maximum absolute atomic E-state index is 4.11. The molecule has 0 nitrogen and oxygen atoms in total. The van der Waals surface area contributed by atoms with Crippen molar-refractivity contribution in [1.29, 1.82) is 0 Å². The Labute approximate surface area is 104 Å². The van der Waals surface area contributed by atoms with E-state index in [4.69, 9.17) is 0 Å². The molecule has 0 amide bonds. The van der Waals surface area contributed by atoms with Crippen molar-refractivity contribution >= 4 is 0 Å². The molecule has 0 N–H and O–H groups in total. The number of rotatable bonds is 1. The van der Waals surface area contributed by atoms with Crippen LogP contribution < -0.4 is 0 Å². The zero-order valence-electron chi connectivity index (χ0n) is 10.4. The Balaban J connectivity index is 1.86. The first-order valence-corrected chi connectivity index (χ1v) is 6.79. The molecule has 0 radical (unpaired) electrons. The van der Waals surface area contributed by atoms with Crippen molar-refractivity contribution in [1.82, 2.24) is 0 Å². The van der Waals surface area contributed by atoms with Crippen LogP contribution in [0.25, 0.3) is 0 Å². The van der Waals surface area contributed by atoms with Crippen LogP contribution in [-0.2, 0) is 0 Å². The van der Waals surface area contributed by atoms with Gasteiger partial charge in [-0.05, 0) is 61.2 Å². The Bertz CT molecular complexity index is 454. The van der Waals surface area contributed by atoms with Gasteiger partial charge in [0, 0.05) is 0 Å². The van der Waals surface area contributed by atoms with E-state index in [1.807, 2.05) is 0 Å². The highest BCUT2D eigenvalue weighted by molar-refractivity contribution is 5.45. The summed E-state index contributed by atoms with van der Waals surface area (Å²) >= 11 is 0. The summed E-state index contributed by atoms with van der Waals surface area (Å²) in [5, 5.41) is 0. The maximum atomic E-state index is 4.11. The van der Waals surface area contributed by atoms with Gasteiger partial charge in [-0.15, -0.1) is 0 Å². The van der Waals surface area contributed by atoms with E-state index in [0.29, 0.717) is 0 Å². The monoisotopic (exact) mass is 224 g/mol. The first-order chi connectivity index (χ1) is 8.33. The molecular formula is C17H20. The zero-order chi connectivity index (χ0) is 11.7. The van der Waals surface area contributed by atoms with Crippen molar-refractivity contribution in [2.45, 2.75) is 38.5 Å². The SMILES string of the molecule is C=C1C=C(C2=CC=C3C=CCCC3C2)CCC1. The lowest BCUT2D eigenvalue weighted by Gasteiger charge is -2.28. The van der Waals surface area contributed by atoms with E-state index >= 15 is 0 Å². The Morgan fingerprint density at radius 3 is 2.94 bits per heavy atom. The number of hydrogen-bond acceptors (Lipinski definition) is 0. The van der Waals surface area contributed by atoms with Crippen LogP contribution in [0.1, 0.15) is 38.5 Å². The quantitative estimate of drug-likeness (QED) is 0.595. The van der Waals surface area contributed by atoms with Gasteiger partial charge in [0.05, 0.1) is 0 Å². The average molecular weight is 224 g/mol. The summed E-state index contributed by atoms with van der Waals surface area (Å²) < 4.78 is 0. The average Bonchev–Trinajstić information content (AvgIpc) is 2.38. The molecule has 3 rings (SSSR count). The smallest absolute Gasteiger partial charge is 0.0119 e. The fourth-order valence-electron chi connectivity index (χ4n) is 3.15. The standard InChI is InChI=1S/C17H20/c1-13-5-4-8-15(11-13)17-10-9-14-6-2-3-7-16(14)12-17/h2,6,9-11,16H,1,3-5,7-8,12H2. The predicted molar refractivity (Wildman–Crippen MR) is 73.7 cm³/mol. The molecule has 0 heteroatoms. The van der Waals surface area contributed by atoms with Gasteiger partial charge in [-0.3, -0.25) is 0 Å². The second kappa shape index (κ2) is 4.52. The second-order valence-electron chi connectivity index (χ2n) is 5.42. The van der Waals surface area contributed by atoms with Crippen LogP contribution in [0.4, 0.5) is 0 Å². The molecule has 0 aromatic rings. The third-order valence-electron chi connectivity index (χ3n) is 4.14. The molecule has 88 valence electrons. The van der Waals surface area contributed by atoms with Crippen molar-refractivity contribution in [3.8, 4) is 0 Å². The third-order valence-corrected chi connectivity index (χ3v) is 4.14. The number of allylic oxidation sites excluding steroid dienone is 9. The molecule has 0 aliphatic heterocycles. The first kappa shape index (κ1) is 10.8. The minimum absolute atomic E-state index is 0.774. The van der Waals surface area contributed by atoms with E-state index in [1.165, 1.54) is 49.7 Å². The highest BCUT2D eigenvalue weighted by atomic mass is 14.3. The van der Waals surface area contributed by atoms with Crippen LogP contribution in [0.5, 0.6) is 0 Å². The lowest BCUT2D eigenvalue weighted by Crippen LogP contribution is -2.12. The fraction of sp³-hybridized carbons (Fsp3) is 0.412. The molecule has 0 aromatic heterocycles.